The van der Waals surface area contributed by atoms with Crippen molar-refractivity contribution >= 4 is 5.78 Å². The average molecular weight is 427 g/mol. The van der Waals surface area contributed by atoms with Crippen molar-refractivity contribution in [3.8, 4) is 11.5 Å². The second kappa shape index (κ2) is 8.31. The van der Waals surface area contributed by atoms with E-state index < -0.39 is 5.41 Å². The summed E-state index contributed by atoms with van der Waals surface area (Å²) in [5.41, 5.74) is 3.94. The topological polar surface area (TPSA) is 57.5 Å². The molecule has 3 heteroatoms. The summed E-state index contributed by atoms with van der Waals surface area (Å²) in [7, 11) is 0. The van der Waals surface area contributed by atoms with Crippen molar-refractivity contribution in [3.05, 3.63) is 107 Å². The molecule has 4 rings (SSSR count). The van der Waals surface area contributed by atoms with E-state index in [4.69, 9.17) is 0 Å². The summed E-state index contributed by atoms with van der Waals surface area (Å²) in [5.74, 6) is 1.01. The molecule has 0 saturated carbocycles. The molecule has 0 heterocycles. The lowest BCUT2D eigenvalue weighted by molar-refractivity contribution is -0.115. The number of carbonyl (C=O) groups excluding carboxylic acids is 1. The Morgan fingerprint density at radius 1 is 0.688 bits per heavy atom. The van der Waals surface area contributed by atoms with E-state index in [1.807, 2.05) is 24.3 Å². The normalized spacial score (nSPS) is 16.8. The van der Waals surface area contributed by atoms with Crippen molar-refractivity contribution in [1.82, 2.24) is 0 Å². The Morgan fingerprint density at radius 3 is 1.50 bits per heavy atom. The first-order chi connectivity index (χ1) is 15.2. The zero-order chi connectivity index (χ0) is 22.9. The van der Waals surface area contributed by atoms with Gasteiger partial charge in [0.05, 0.1) is 0 Å². The molecule has 1 unspecified atom stereocenters. The molecule has 0 radical (unpaired) electrons. The van der Waals surface area contributed by atoms with Gasteiger partial charge in [-0.2, -0.15) is 0 Å². The number of hydrogen-bond acceptors (Lipinski definition) is 3. The van der Waals surface area contributed by atoms with E-state index in [1.165, 1.54) is 5.56 Å². The van der Waals surface area contributed by atoms with Crippen molar-refractivity contribution in [1.29, 1.82) is 0 Å². The van der Waals surface area contributed by atoms with Crippen LogP contribution in [-0.2, 0) is 15.6 Å². The van der Waals surface area contributed by atoms with Crippen LogP contribution in [0.15, 0.2) is 84.9 Å². The Labute approximate surface area is 190 Å². The van der Waals surface area contributed by atoms with Crippen molar-refractivity contribution < 1.29 is 15.0 Å². The van der Waals surface area contributed by atoms with Crippen molar-refractivity contribution in [2.45, 2.75) is 44.4 Å². The van der Waals surface area contributed by atoms with Gasteiger partial charge in [0.2, 0.25) is 0 Å². The maximum absolute atomic E-state index is 11.6. The Bertz CT molecular complexity index is 1080. The molecule has 0 aliphatic heterocycles. The molecule has 0 amide bonds. The molecule has 0 aromatic heterocycles. The Morgan fingerprint density at radius 2 is 1.09 bits per heavy atom. The van der Waals surface area contributed by atoms with Crippen molar-refractivity contribution in [2.24, 2.45) is 5.92 Å². The summed E-state index contributed by atoms with van der Waals surface area (Å²) in [4.78, 5) is 11.6. The fourth-order valence-corrected chi connectivity index (χ4v) is 4.84. The summed E-state index contributed by atoms with van der Waals surface area (Å²) in [6.07, 6.45) is 5.29. The van der Waals surface area contributed by atoms with Gasteiger partial charge in [0, 0.05) is 11.8 Å². The fraction of sp³-hybridized carbons (Fsp3) is 0.276. The lowest BCUT2D eigenvalue weighted by Crippen LogP contribution is -2.30. The highest BCUT2D eigenvalue weighted by atomic mass is 16.3. The highest BCUT2D eigenvalue weighted by Crippen LogP contribution is 2.42. The summed E-state index contributed by atoms with van der Waals surface area (Å²) >= 11 is 0. The summed E-state index contributed by atoms with van der Waals surface area (Å²) in [6, 6.07) is 23.4. The van der Waals surface area contributed by atoms with Gasteiger partial charge >= 0.3 is 0 Å². The first kappa shape index (κ1) is 21.9. The quantitative estimate of drug-likeness (QED) is 0.473. The van der Waals surface area contributed by atoms with Crippen molar-refractivity contribution in [3.63, 3.8) is 0 Å². The number of ketones is 1. The fourth-order valence-electron chi connectivity index (χ4n) is 4.84. The third kappa shape index (κ3) is 3.95. The standard InChI is InChI=1S/C29H30O3/c1-28(2,21-8-14-25(30)15-9-21)20-4-6-22(7-5-20)29(3,23-10-16-26(31)17-11-23)24-12-18-27(32)19-13-24/h4-8,10-14,16-19,21,31-32H,9,15H2,1-3H3. The van der Waals surface area contributed by atoms with Crippen LogP contribution in [0.4, 0.5) is 0 Å². The van der Waals surface area contributed by atoms with Crippen LogP contribution in [-0.4, -0.2) is 16.0 Å². The number of benzene rings is 3. The predicted molar refractivity (Wildman–Crippen MR) is 128 cm³/mol. The molecule has 164 valence electrons. The summed E-state index contributed by atoms with van der Waals surface area (Å²) in [6.45, 7) is 6.65. The van der Waals surface area contributed by atoms with E-state index in [0.29, 0.717) is 12.3 Å². The van der Waals surface area contributed by atoms with Gasteiger partial charge in [0.15, 0.2) is 5.78 Å². The number of hydrogen-bond donors (Lipinski definition) is 2. The van der Waals surface area contributed by atoms with Crippen molar-refractivity contribution in [2.75, 3.05) is 0 Å². The minimum atomic E-state index is -0.457. The minimum Gasteiger partial charge on any atom is -0.508 e. The number of phenolic OH excluding ortho intramolecular Hbond substituents is 2. The first-order valence-corrected chi connectivity index (χ1v) is 11.1. The van der Waals surface area contributed by atoms with Gasteiger partial charge in [0.25, 0.3) is 0 Å². The minimum absolute atomic E-state index is 0.0802. The van der Waals surface area contributed by atoms with Gasteiger partial charge in [0.1, 0.15) is 11.5 Å². The molecule has 3 nitrogen and oxygen atoms in total. The smallest absolute Gasteiger partial charge is 0.155 e. The zero-order valence-corrected chi connectivity index (χ0v) is 18.9. The number of phenols is 2. The van der Waals surface area contributed by atoms with E-state index in [9.17, 15) is 15.0 Å². The monoisotopic (exact) mass is 426 g/mol. The summed E-state index contributed by atoms with van der Waals surface area (Å²) < 4.78 is 0. The van der Waals surface area contributed by atoms with Gasteiger partial charge in [-0.05, 0) is 77.3 Å². The Kier molecular flexibility index (Phi) is 5.68. The molecule has 3 aromatic rings. The van der Waals surface area contributed by atoms with E-state index in [0.717, 1.165) is 23.1 Å². The second-order valence-corrected chi connectivity index (χ2v) is 9.49. The average Bonchev–Trinajstić information content (AvgIpc) is 2.80. The Balaban J connectivity index is 1.75. The maximum Gasteiger partial charge on any atom is 0.155 e. The SMILES string of the molecule is CC(c1ccc(O)cc1)(c1ccc(O)cc1)c1ccc(C(C)(C)C2C=CC(=O)CC2)cc1. The largest absolute Gasteiger partial charge is 0.508 e. The third-order valence-corrected chi connectivity index (χ3v) is 7.24. The van der Waals surface area contributed by atoms with Gasteiger partial charge in [-0.25, -0.2) is 0 Å². The third-order valence-electron chi connectivity index (χ3n) is 7.24. The molecule has 0 saturated heterocycles. The van der Waals surface area contributed by atoms with Gasteiger partial charge in [-0.3, -0.25) is 4.79 Å². The van der Waals surface area contributed by atoms with Gasteiger partial charge in [-0.15, -0.1) is 0 Å². The second-order valence-electron chi connectivity index (χ2n) is 9.49. The first-order valence-electron chi connectivity index (χ1n) is 11.1. The van der Waals surface area contributed by atoms with Crippen LogP contribution in [0, 0.1) is 5.92 Å². The van der Waals surface area contributed by atoms with E-state index in [1.54, 1.807) is 30.3 Å². The highest BCUT2D eigenvalue weighted by Gasteiger charge is 2.34. The lowest BCUT2D eigenvalue weighted by atomic mass is 9.68. The summed E-state index contributed by atoms with van der Waals surface area (Å²) in [5, 5.41) is 19.6. The molecule has 0 fully saturated rings. The van der Waals surface area contributed by atoms with Crippen LogP contribution >= 0.6 is 0 Å². The maximum atomic E-state index is 11.6. The predicted octanol–water partition coefficient (Wildman–Crippen LogP) is 6.27. The Hall–Kier alpha value is -3.33. The van der Waals surface area contributed by atoms with E-state index in [2.05, 4.69) is 51.1 Å². The number of aromatic hydroxyl groups is 2. The van der Waals surface area contributed by atoms with Gasteiger partial charge < -0.3 is 10.2 Å². The van der Waals surface area contributed by atoms with Gasteiger partial charge in [-0.1, -0.05) is 68.5 Å². The molecule has 32 heavy (non-hydrogen) atoms. The van der Waals surface area contributed by atoms with E-state index >= 15 is 0 Å². The van der Waals surface area contributed by atoms with Crippen LogP contribution in [0.1, 0.15) is 55.9 Å². The lowest BCUT2D eigenvalue weighted by Gasteiger charge is -2.36. The number of rotatable bonds is 5. The van der Waals surface area contributed by atoms with Crippen LogP contribution in [0.5, 0.6) is 11.5 Å². The van der Waals surface area contributed by atoms with Crippen LogP contribution in [0.2, 0.25) is 0 Å². The molecule has 3 aromatic carbocycles. The van der Waals surface area contributed by atoms with Crippen LogP contribution in [0.25, 0.3) is 0 Å². The van der Waals surface area contributed by atoms with Crippen LogP contribution in [0.3, 0.4) is 0 Å². The molecule has 1 aliphatic rings. The number of allylic oxidation sites excluding steroid dienone is 2. The molecule has 0 spiro atoms. The molecule has 1 atom stereocenters. The molecule has 2 N–H and O–H groups in total. The molecule has 0 bridgehead atoms. The molecular formula is C29H30O3. The molecular weight excluding hydrogens is 396 g/mol. The van der Waals surface area contributed by atoms with E-state index in [-0.39, 0.29) is 22.7 Å². The number of carbonyl (C=O) groups is 1. The highest BCUT2D eigenvalue weighted by molar-refractivity contribution is 5.90. The molecule has 1 aliphatic carbocycles. The zero-order valence-electron chi connectivity index (χ0n) is 18.9. The van der Waals surface area contributed by atoms with Crippen LogP contribution < -0.4 is 0 Å².